The molecule has 0 aliphatic heterocycles. The molecule has 1 rings (SSSR count). The molecule has 0 bridgehead atoms. The Bertz CT molecular complexity index is 422. The number of hydrogen-bond donors (Lipinski definition) is 1. The fraction of sp³-hybridized carbons (Fsp3) is 0.455. The summed E-state index contributed by atoms with van der Waals surface area (Å²) in [5.74, 6) is 0.275. The summed E-state index contributed by atoms with van der Waals surface area (Å²) in [6.45, 7) is 3.56. The molecule has 4 nitrogen and oxygen atoms in total. The summed E-state index contributed by atoms with van der Waals surface area (Å²) in [5, 5.41) is 13.4. The summed E-state index contributed by atoms with van der Waals surface area (Å²) >= 11 is 1.30. The zero-order chi connectivity index (χ0) is 12.2. The largest absolute Gasteiger partial charge is 0.495 e. The van der Waals surface area contributed by atoms with E-state index >= 15 is 0 Å². The zero-order valence-electron chi connectivity index (χ0n) is 9.53. The number of hydrogen-bond acceptors (Lipinski definition) is 4. The van der Waals surface area contributed by atoms with Gasteiger partial charge in [-0.15, -0.1) is 11.3 Å². The predicted octanol–water partition coefficient (Wildman–Crippen LogP) is 2.18. The molecule has 0 spiro atoms. The maximum Gasteiger partial charge on any atom is 0.266 e. The number of thiophene rings is 1. The van der Waals surface area contributed by atoms with Crippen molar-refractivity contribution in [3.8, 4) is 11.8 Å². The molecule has 0 radical (unpaired) electrons. The molecule has 1 aromatic heterocycles. The van der Waals surface area contributed by atoms with Crippen LogP contribution in [0.3, 0.4) is 0 Å². The van der Waals surface area contributed by atoms with Gasteiger partial charge in [-0.25, -0.2) is 0 Å². The molecule has 0 aliphatic rings. The predicted molar refractivity (Wildman–Crippen MR) is 62.6 cm³/mol. The lowest BCUT2D eigenvalue weighted by Crippen LogP contribution is -2.44. The Labute approximate surface area is 98.8 Å². The van der Waals surface area contributed by atoms with Crippen LogP contribution in [-0.4, -0.2) is 18.6 Å². The first-order chi connectivity index (χ1) is 7.56. The summed E-state index contributed by atoms with van der Waals surface area (Å²) in [6, 6.07) is 3.82. The van der Waals surface area contributed by atoms with E-state index in [9.17, 15) is 4.79 Å². The molecule has 1 atom stereocenters. The van der Waals surface area contributed by atoms with Crippen LogP contribution in [-0.2, 0) is 0 Å². The average Bonchev–Trinajstić information content (AvgIpc) is 2.76. The van der Waals surface area contributed by atoms with Crippen molar-refractivity contribution in [1.29, 1.82) is 5.26 Å². The topological polar surface area (TPSA) is 62.1 Å². The van der Waals surface area contributed by atoms with Gasteiger partial charge in [0.25, 0.3) is 5.91 Å². The molecule has 0 aliphatic carbocycles. The molecular weight excluding hydrogens is 224 g/mol. The van der Waals surface area contributed by atoms with Crippen molar-refractivity contribution in [2.75, 3.05) is 7.11 Å². The van der Waals surface area contributed by atoms with Gasteiger partial charge in [-0.05, 0) is 24.8 Å². The Morgan fingerprint density at radius 1 is 1.75 bits per heavy atom. The number of nitrogens with one attached hydrogen (secondary N) is 1. The lowest BCUT2D eigenvalue weighted by molar-refractivity contribution is 0.0924. The molecule has 1 aromatic rings. The molecule has 16 heavy (non-hydrogen) atoms. The van der Waals surface area contributed by atoms with E-state index in [1.807, 2.05) is 6.92 Å². The lowest BCUT2D eigenvalue weighted by atomic mass is 10.0. The second-order valence-electron chi connectivity index (χ2n) is 3.57. The summed E-state index contributed by atoms with van der Waals surface area (Å²) in [5.41, 5.74) is -0.827. The van der Waals surface area contributed by atoms with Crippen LogP contribution in [0.15, 0.2) is 11.4 Å². The summed E-state index contributed by atoms with van der Waals surface area (Å²) in [4.78, 5) is 12.4. The third-order valence-electron chi connectivity index (χ3n) is 2.40. The van der Waals surface area contributed by atoms with Gasteiger partial charge in [-0.3, -0.25) is 4.79 Å². The summed E-state index contributed by atoms with van der Waals surface area (Å²) < 4.78 is 5.05. The van der Waals surface area contributed by atoms with Crippen LogP contribution < -0.4 is 10.1 Å². The van der Waals surface area contributed by atoms with E-state index < -0.39 is 5.54 Å². The maximum absolute atomic E-state index is 11.9. The minimum atomic E-state index is -0.827. The molecule has 0 saturated carbocycles. The van der Waals surface area contributed by atoms with Gasteiger partial charge in [0.15, 0.2) is 0 Å². The maximum atomic E-state index is 11.9. The normalized spacial score (nSPS) is 13.6. The van der Waals surface area contributed by atoms with Crippen molar-refractivity contribution in [2.24, 2.45) is 0 Å². The second-order valence-corrected chi connectivity index (χ2v) is 4.49. The van der Waals surface area contributed by atoms with Gasteiger partial charge in [-0.2, -0.15) is 5.26 Å². The standard InChI is InChI=1S/C11H14N2O2S/c1-4-11(2,7-12)13-10(14)9-8(15-3)5-6-16-9/h5-6H,4H2,1-3H3,(H,13,14). The van der Waals surface area contributed by atoms with Crippen LogP contribution in [0.1, 0.15) is 29.9 Å². The van der Waals surface area contributed by atoms with Gasteiger partial charge in [0.2, 0.25) is 0 Å². The van der Waals surface area contributed by atoms with Gasteiger partial charge >= 0.3 is 0 Å². The lowest BCUT2D eigenvalue weighted by Gasteiger charge is -2.20. The van der Waals surface area contributed by atoms with Crippen LogP contribution in [0, 0.1) is 11.3 Å². The molecule has 1 heterocycles. The number of ether oxygens (including phenoxy) is 1. The first-order valence-corrected chi connectivity index (χ1v) is 5.79. The number of nitrogens with zero attached hydrogens (tertiary/aromatic N) is 1. The quantitative estimate of drug-likeness (QED) is 0.874. The highest BCUT2D eigenvalue weighted by Crippen LogP contribution is 2.25. The monoisotopic (exact) mass is 238 g/mol. The van der Waals surface area contributed by atoms with Gasteiger partial charge in [0, 0.05) is 0 Å². The summed E-state index contributed by atoms with van der Waals surface area (Å²) in [7, 11) is 1.52. The highest BCUT2D eigenvalue weighted by atomic mass is 32.1. The highest BCUT2D eigenvalue weighted by Gasteiger charge is 2.26. The Hall–Kier alpha value is -1.54. The molecule has 0 aromatic carbocycles. The highest BCUT2D eigenvalue weighted by molar-refractivity contribution is 7.12. The van der Waals surface area contributed by atoms with Crippen LogP contribution in [0.25, 0.3) is 0 Å². The van der Waals surface area contributed by atoms with Crippen molar-refractivity contribution < 1.29 is 9.53 Å². The van der Waals surface area contributed by atoms with Crippen LogP contribution in [0.5, 0.6) is 5.75 Å². The van der Waals surface area contributed by atoms with Crippen molar-refractivity contribution >= 4 is 17.2 Å². The molecule has 1 unspecified atom stereocenters. The van der Waals surface area contributed by atoms with Crippen molar-refractivity contribution in [2.45, 2.75) is 25.8 Å². The zero-order valence-corrected chi connectivity index (χ0v) is 10.4. The van der Waals surface area contributed by atoms with Crippen LogP contribution in [0.2, 0.25) is 0 Å². The number of nitriles is 1. The van der Waals surface area contributed by atoms with Gasteiger partial charge in [0.05, 0.1) is 13.2 Å². The SMILES string of the molecule is CCC(C)(C#N)NC(=O)c1sccc1OC. The van der Waals surface area contributed by atoms with Gasteiger partial charge < -0.3 is 10.1 Å². The smallest absolute Gasteiger partial charge is 0.266 e. The van der Waals surface area contributed by atoms with Gasteiger partial charge in [0.1, 0.15) is 16.2 Å². The third-order valence-corrected chi connectivity index (χ3v) is 3.29. The molecule has 1 N–H and O–H groups in total. The first kappa shape index (κ1) is 12.5. The van der Waals surface area contributed by atoms with E-state index in [0.717, 1.165) is 0 Å². The van der Waals surface area contributed by atoms with E-state index in [2.05, 4.69) is 11.4 Å². The van der Waals surface area contributed by atoms with Crippen molar-refractivity contribution in [3.05, 3.63) is 16.3 Å². The van der Waals surface area contributed by atoms with E-state index in [4.69, 9.17) is 10.00 Å². The second kappa shape index (κ2) is 4.99. The Morgan fingerprint density at radius 3 is 2.94 bits per heavy atom. The molecule has 1 amide bonds. The number of amides is 1. The number of methoxy groups -OCH3 is 1. The van der Waals surface area contributed by atoms with Gasteiger partial charge in [-0.1, -0.05) is 6.92 Å². The minimum Gasteiger partial charge on any atom is -0.495 e. The fourth-order valence-electron chi connectivity index (χ4n) is 1.13. The summed E-state index contributed by atoms with van der Waals surface area (Å²) in [6.07, 6.45) is 0.558. The molecule has 0 saturated heterocycles. The van der Waals surface area contributed by atoms with Crippen molar-refractivity contribution in [1.82, 2.24) is 5.32 Å². The third kappa shape index (κ3) is 2.52. The van der Waals surface area contributed by atoms with E-state index in [0.29, 0.717) is 17.0 Å². The molecule has 0 fully saturated rings. The first-order valence-electron chi connectivity index (χ1n) is 4.91. The Kier molecular flexibility index (Phi) is 3.91. The van der Waals surface area contributed by atoms with Crippen LogP contribution >= 0.6 is 11.3 Å². The number of rotatable bonds is 4. The van der Waals surface area contributed by atoms with E-state index in [1.165, 1.54) is 18.4 Å². The average molecular weight is 238 g/mol. The minimum absolute atomic E-state index is 0.266. The van der Waals surface area contributed by atoms with E-state index in [-0.39, 0.29) is 5.91 Å². The molecular formula is C11H14N2O2S. The van der Waals surface area contributed by atoms with Crippen LogP contribution in [0.4, 0.5) is 0 Å². The fourth-order valence-corrected chi connectivity index (χ4v) is 1.88. The number of carbonyl (C=O) groups is 1. The Balaban J connectivity index is 2.85. The van der Waals surface area contributed by atoms with Crippen molar-refractivity contribution in [3.63, 3.8) is 0 Å². The van der Waals surface area contributed by atoms with E-state index in [1.54, 1.807) is 18.4 Å². The molecule has 5 heteroatoms. The number of carbonyl (C=O) groups excluding carboxylic acids is 1. The Morgan fingerprint density at radius 2 is 2.44 bits per heavy atom. The molecule has 86 valence electrons.